The molecule has 0 saturated heterocycles. The molecule has 0 saturated carbocycles. The molecule has 0 unspecified atom stereocenters. The minimum atomic E-state index is 0.120. The van der Waals surface area contributed by atoms with Gasteiger partial charge in [0, 0.05) is 15.7 Å². The van der Waals surface area contributed by atoms with Crippen LogP contribution < -0.4 is 0 Å². The zero-order chi connectivity index (χ0) is 13.9. The first-order chi connectivity index (χ1) is 9.74. The largest absolute Gasteiger partial charge is 0.299 e. The Labute approximate surface area is 124 Å². The third kappa shape index (κ3) is 2.80. The summed E-state index contributed by atoms with van der Waals surface area (Å²) >= 11 is 1.79. The molecule has 2 heteroatoms. The molecule has 0 heterocycles. The average Bonchev–Trinajstić information content (AvgIpc) is 2.47. The van der Waals surface area contributed by atoms with Gasteiger partial charge in [-0.3, -0.25) is 4.79 Å². The summed E-state index contributed by atoms with van der Waals surface area (Å²) in [5, 5.41) is 0. The van der Waals surface area contributed by atoms with E-state index in [0.29, 0.717) is 5.78 Å². The van der Waals surface area contributed by atoms with Crippen LogP contribution in [0.1, 0.15) is 36.8 Å². The minimum absolute atomic E-state index is 0.120. The lowest BCUT2D eigenvalue weighted by Crippen LogP contribution is -2.16. The molecule has 1 atom stereocenters. The normalized spacial score (nSPS) is 17.6. The molecule has 0 spiro atoms. The number of fused-ring (bicyclic) bond motifs is 1. The Kier molecular flexibility index (Phi) is 3.93. The number of aryl methyl sites for hydroxylation is 1. The molecule has 0 fully saturated rings. The van der Waals surface area contributed by atoms with Crippen molar-refractivity contribution in [2.75, 3.05) is 0 Å². The van der Waals surface area contributed by atoms with E-state index in [1.165, 1.54) is 20.9 Å². The van der Waals surface area contributed by atoms with Gasteiger partial charge in [-0.05, 0) is 61.6 Å². The monoisotopic (exact) mass is 282 g/mol. The topological polar surface area (TPSA) is 17.1 Å². The molecule has 2 aromatic carbocycles. The third-order valence-corrected chi connectivity index (χ3v) is 4.90. The predicted molar refractivity (Wildman–Crippen MR) is 83.4 cm³/mol. The maximum absolute atomic E-state index is 11.7. The van der Waals surface area contributed by atoms with Crippen molar-refractivity contribution in [1.29, 1.82) is 0 Å². The number of benzene rings is 2. The summed E-state index contributed by atoms with van der Waals surface area (Å²) in [6.45, 7) is 1.71. The quantitative estimate of drug-likeness (QED) is 0.800. The Bertz CT molecular complexity index is 619. The highest BCUT2D eigenvalue weighted by Crippen LogP contribution is 2.36. The summed E-state index contributed by atoms with van der Waals surface area (Å²) in [7, 11) is 0. The van der Waals surface area contributed by atoms with Crippen LogP contribution in [-0.4, -0.2) is 5.78 Å². The second-order valence-corrected chi connectivity index (χ2v) is 6.48. The molecule has 20 heavy (non-hydrogen) atoms. The molecule has 1 aliphatic carbocycles. The van der Waals surface area contributed by atoms with E-state index >= 15 is 0 Å². The van der Waals surface area contributed by atoms with Gasteiger partial charge in [0.05, 0.1) is 0 Å². The summed E-state index contributed by atoms with van der Waals surface area (Å²) in [6.07, 6.45) is 3.23. The van der Waals surface area contributed by atoms with Crippen molar-refractivity contribution in [1.82, 2.24) is 0 Å². The number of Topliss-reactive ketones (excluding diaryl/α,β-unsaturated/α-hetero) is 1. The van der Waals surface area contributed by atoms with Crippen LogP contribution in [0.5, 0.6) is 0 Å². The fourth-order valence-corrected chi connectivity index (χ4v) is 3.80. The number of hydrogen-bond acceptors (Lipinski definition) is 2. The molecule has 0 aromatic heterocycles. The Balaban J connectivity index is 1.88. The van der Waals surface area contributed by atoms with Gasteiger partial charge in [-0.1, -0.05) is 36.0 Å². The van der Waals surface area contributed by atoms with E-state index in [4.69, 9.17) is 0 Å². The molecule has 0 amide bonds. The van der Waals surface area contributed by atoms with Gasteiger partial charge in [-0.15, -0.1) is 0 Å². The van der Waals surface area contributed by atoms with E-state index in [-0.39, 0.29) is 5.92 Å². The summed E-state index contributed by atoms with van der Waals surface area (Å²) in [4.78, 5) is 14.3. The molecule has 1 nitrogen and oxygen atoms in total. The van der Waals surface area contributed by atoms with Gasteiger partial charge in [0.15, 0.2) is 0 Å². The van der Waals surface area contributed by atoms with Crippen LogP contribution in [0.15, 0.2) is 58.3 Å². The summed E-state index contributed by atoms with van der Waals surface area (Å²) in [5.74, 6) is 0.420. The summed E-state index contributed by atoms with van der Waals surface area (Å²) in [5.41, 5.74) is 2.61. The fourth-order valence-electron chi connectivity index (χ4n) is 2.90. The lowest BCUT2D eigenvalue weighted by molar-refractivity contribution is -0.118. The molecule has 0 bridgehead atoms. The van der Waals surface area contributed by atoms with Gasteiger partial charge in [0.1, 0.15) is 5.78 Å². The second-order valence-electron chi connectivity index (χ2n) is 5.33. The second kappa shape index (κ2) is 5.84. The van der Waals surface area contributed by atoms with Crippen LogP contribution in [0, 0.1) is 0 Å². The smallest absolute Gasteiger partial charge is 0.137 e. The molecular formula is C18H18OS. The van der Waals surface area contributed by atoms with Crippen molar-refractivity contribution >= 4 is 17.5 Å². The van der Waals surface area contributed by atoms with E-state index in [2.05, 4.69) is 42.5 Å². The fraction of sp³-hybridized carbons (Fsp3) is 0.278. The van der Waals surface area contributed by atoms with Gasteiger partial charge in [-0.2, -0.15) is 0 Å². The molecule has 1 aliphatic rings. The van der Waals surface area contributed by atoms with Crippen molar-refractivity contribution in [3.63, 3.8) is 0 Å². The van der Waals surface area contributed by atoms with Crippen LogP contribution in [0.25, 0.3) is 0 Å². The third-order valence-electron chi connectivity index (χ3n) is 3.90. The standard InChI is InChI=1S/C18H18OS/c1-13(19)17-9-5-6-14-12-16(10-11-18(14)17)20-15-7-3-2-4-8-15/h2-4,7-8,10-12,17H,5-6,9H2,1H3/t17-/m0/s1. The SMILES string of the molecule is CC(=O)[C@@H]1CCCc2cc(Sc3ccccc3)ccc21. The van der Waals surface area contributed by atoms with E-state index in [1.807, 2.05) is 6.07 Å². The molecule has 102 valence electrons. The number of carbonyl (C=O) groups excluding carboxylic acids is 1. The molecule has 0 radical (unpaired) electrons. The number of carbonyl (C=O) groups is 1. The van der Waals surface area contributed by atoms with E-state index in [9.17, 15) is 4.79 Å². The molecule has 2 aromatic rings. The van der Waals surface area contributed by atoms with Gasteiger partial charge in [-0.25, -0.2) is 0 Å². The first-order valence-electron chi connectivity index (χ1n) is 7.10. The van der Waals surface area contributed by atoms with E-state index < -0.39 is 0 Å². The van der Waals surface area contributed by atoms with Crippen LogP contribution >= 0.6 is 11.8 Å². The van der Waals surface area contributed by atoms with E-state index in [0.717, 1.165) is 19.3 Å². The van der Waals surface area contributed by atoms with E-state index in [1.54, 1.807) is 18.7 Å². The van der Waals surface area contributed by atoms with Crippen LogP contribution in [0.3, 0.4) is 0 Å². The first-order valence-corrected chi connectivity index (χ1v) is 7.92. The Hall–Kier alpha value is -1.54. The molecule has 0 N–H and O–H groups in total. The Morgan fingerprint density at radius 1 is 1.10 bits per heavy atom. The van der Waals surface area contributed by atoms with Crippen molar-refractivity contribution in [3.05, 3.63) is 59.7 Å². The van der Waals surface area contributed by atoms with Crippen molar-refractivity contribution in [2.24, 2.45) is 0 Å². The van der Waals surface area contributed by atoms with Gasteiger partial charge >= 0.3 is 0 Å². The number of hydrogen-bond donors (Lipinski definition) is 0. The molecular weight excluding hydrogens is 264 g/mol. The minimum Gasteiger partial charge on any atom is -0.299 e. The van der Waals surface area contributed by atoms with Gasteiger partial charge < -0.3 is 0 Å². The highest BCUT2D eigenvalue weighted by atomic mass is 32.2. The van der Waals surface area contributed by atoms with Gasteiger partial charge in [0.25, 0.3) is 0 Å². The van der Waals surface area contributed by atoms with Crippen molar-refractivity contribution < 1.29 is 4.79 Å². The van der Waals surface area contributed by atoms with Crippen LogP contribution in [0.2, 0.25) is 0 Å². The maximum Gasteiger partial charge on any atom is 0.137 e. The molecule has 0 aliphatic heterocycles. The number of rotatable bonds is 3. The average molecular weight is 282 g/mol. The first kappa shape index (κ1) is 13.4. The zero-order valence-corrected chi connectivity index (χ0v) is 12.5. The van der Waals surface area contributed by atoms with Crippen molar-refractivity contribution in [3.8, 4) is 0 Å². The lowest BCUT2D eigenvalue weighted by atomic mass is 9.81. The highest BCUT2D eigenvalue weighted by molar-refractivity contribution is 7.99. The summed E-state index contributed by atoms with van der Waals surface area (Å²) in [6, 6.07) is 17.0. The van der Waals surface area contributed by atoms with Crippen molar-refractivity contribution in [2.45, 2.75) is 41.9 Å². The van der Waals surface area contributed by atoms with Crippen LogP contribution in [0.4, 0.5) is 0 Å². The Morgan fingerprint density at radius 3 is 2.65 bits per heavy atom. The maximum atomic E-state index is 11.7. The van der Waals surface area contributed by atoms with Crippen LogP contribution in [-0.2, 0) is 11.2 Å². The zero-order valence-electron chi connectivity index (χ0n) is 11.6. The lowest BCUT2D eigenvalue weighted by Gasteiger charge is -2.24. The van der Waals surface area contributed by atoms with Gasteiger partial charge in [0.2, 0.25) is 0 Å². The predicted octanol–water partition coefficient (Wildman–Crippen LogP) is 4.85. The summed E-state index contributed by atoms with van der Waals surface area (Å²) < 4.78 is 0. The molecule has 3 rings (SSSR count). The Morgan fingerprint density at radius 2 is 1.90 bits per heavy atom. The highest BCUT2D eigenvalue weighted by Gasteiger charge is 2.23. The number of ketones is 1.